The average Bonchev–Trinajstić information content (AvgIpc) is 2.29. The average molecular weight is 226 g/mol. The van der Waals surface area contributed by atoms with E-state index in [1.807, 2.05) is 0 Å². The lowest BCUT2D eigenvalue weighted by molar-refractivity contribution is 0.579. The van der Waals surface area contributed by atoms with Crippen molar-refractivity contribution in [3.05, 3.63) is 18.1 Å². The molecule has 1 aromatic rings. The van der Waals surface area contributed by atoms with Gasteiger partial charge in [0.2, 0.25) is 0 Å². The number of aryl methyl sites for hydroxylation is 1. The molecule has 2 heterocycles. The van der Waals surface area contributed by atoms with Crippen molar-refractivity contribution in [2.45, 2.75) is 31.6 Å². The zero-order valence-corrected chi connectivity index (χ0v) is 9.74. The second-order valence-corrected chi connectivity index (χ2v) is 4.52. The first-order valence-electron chi connectivity index (χ1n) is 5.49. The predicted molar refractivity (Wildman–Crippen MR) is 62.5 cm³/mol. The molecule has 1 unspecified atom stereocenters. The van der Waals surface area contributed by atoms with Crippen LogP contribution in [0.3, 0.4) is 0 Å². The van der Waals surface area contributed by atoms with Crippen molar-refractivity contribution in [1.29, 1.82) is 0 Å². The van der Waals surface area contributed by atoms with Gasteiger partial charge in [0.1, 0.15) is 12.1 Å². The van der Waals surface area contributed by atoms with Crippen LogP contribution in [0.4, 0.5) is 5.82 Å². The van der Waals surface area contributed by atoms with E-state index < -0.39 is 0 Å². The van der Waals surface area contributed by atoms with E-state index in [9.17, 15) is 0 Å². The van der Waals surface area contributed by atoms with Gasteiger partial charge in [-0.2, -0.15) is 0 Å². The number of hydrogen-bond acceptors (Lipinski definition) is 3. The molecule has 0 bridgehead atoms. The molecule has 1 atom stereocenters. The Hall–Kier alpha value is -0.830. The summed E-state index contributed by atoms with van der Waals surface area (Å²) >= 11 is 6.15. The fraction of sp³-hybridized carbons (Fsp3) is 0.636. The monoisotopic (exact) mass is 225 g/mol. The SMILES string of the molecule is CCc1cc(N2CCCC(Cl)C2)ncn1. The van der Waals surface area contributed by atoms with E-state index in [2.05, 4.69) is 27.9 Å². The van der Waals surface area contributed by atoms with Gasteiger partial charge in [0.15, 0.2) is 0 Å². The summed E-state index contributed by atoms with van der Waals surface area (Å²) in [6.45, 7) is 4.07. The predicted octanol–water partition coefficient (Wildman–Crippen LogP) is 2.25. The van der Waals surface area contributed by atoms with E-state index in [1.165, 1.54) is 0 Å². The minimum absolute atomic E-state index is 0.263. The van der Waals surface area contributed by atoms with Gasteiger partial charge in [0.05, 0.1) is 5.38 Å². The number of halogens is 1. The molecule has 0 radical (unpaired) electrons. The number of hydrogen-bond donors (Lipinski definition) is 0. The fourth-order valence-corrected chi connectivity index (χ4v) is 2.21. The number of piperidine rings is 1. The van der Waals surface area contributed by atoms with E-state index in [-0.39, 0.29) is 5.38 Å². The molecular formula is C11H16ClN3. The molecule has 1 aromatic heterocycles. The third-order valence-electron chi connectivity index (χ3n) is 2.76. The lowest BCUT2D eigenvalue weighted by Gasteiger charge is -2.30. The van der Waals surface area contributed by atoms with Crippen molar-refractivity contribution in [2.75, 3.05) is 18.0 Å². The molecule has 0 amide bonds. The van der Waals surface area contributed by atoms with Crippen LogP contribution in [0.15, 0.2) is 12.4 Å². The molecule has 1 aliphatic heterocycles. The highest BCUT2D eigenvalue weighted by atomic mass is 35.5. The summed E-state index contributed by atoms with van der Waals surface area (Å²) in [5, 5.41) is 0.263. The highest BCUT2D eigenvalue weighted by Gasteiger charge is 2.18. The van der Waals surface area contributed by atoms with Crippen molar-refractivity contribution >= 4 is 17.4 Å². The molecular weight excluding hydrogens is 210 g/mol. The quantitative estimate of drug-likeness (QED) is 0.723. The number of anilines is 1. The molecule has 0 N–H and O–H groups in total. The van der Waals surface area contributed by atoms with Crippen molar-refractivity contribution in [2.24, 2.45) is 0 Å². The van der Waals surface area contributed by atoms with Gasteiger partial charge in [0.25, 0.3) is 0 Å². The molecule has 0 aliphatic carbocycles. The number of nitrogens with zero attached hydrogens (tertiary/aromatic N) is 3. The summed E-state index contributed by atoms with van der Waals surface area (Å²) in [7, 11) is 0. The number of rotatable bonds is 2. The molecule has 4 heteroatoms. The van der Waals surface area contributed by atoms with Crippen LogP contribution in [0.5, 0.6) is 0 Å². The van der Waals surface area contributed by atoms with Crippen LogP contribution in [-0.2, 0) is 6.42 Å². The molecule has 3 nitrogen and oxygen atoms in total. The molecule has 15 heavy (non-hydrogen) atoms. The lowest BCUT2D eigenvalue weighted by atomic mass is 10.1. The highest BCUT2D eigenvalue weighted by molar-refractivity contribution is 6.21. The minimum Gasteiger partial charge on any atom is -0.355 e. The molecule has 0 saturated carbocycles. The Bertz CT molecular complexity index is 329. The van der Waals surface area contributed by atoms with Gasteiger partial charge in [-0.15, -0.1) is 11.6 Å². The minimum atomic E-state index is 0.263. The third-order valence-corrected chi connectivity index (χ3v) is 3.12. The first-order valence-corrected chi connectivity index (χ1v) is 5.93. The largest absolute Gasteiger partial charge is 0.355 e. The molecule has 0 aromatic carbocycles. The van der Waals surface area contributed by atoms with Crippen LogP contribution < -0.4 is 4.90 Å². The van der Waals surface area contributed by atoms with Crippen LogP contribution in [0.25, 0.3) is 0 Å². The standard InChI is InChI=1S/C11H16ClN3/c1-2-10-6-11(14-8-13-10)15-5-3-4-9(12)7-15/h6,8-9H,2-5,7H2,1H3. The Morgan fingerprint density at radius 2 is 2.40 bits per heavy atom. The topological polar surface area (TPSA) is 29.0 Å². The first kappa shape index (κ1) is 10.7. The summed E-state index contributed by atoms with van der Waals surface area (Å²) in [5.74, 6) is 1.02. The Labute approximate surface area is 95.5 Å². The van der Waals surface area contributed by atoms with Crippen LogP contribution in [0.2, 0.25) is 0 Å². The van der Waals surface area contributed by atoms with Crippen molar-refractivity contribution < 1.29 is 0 Å². The van der Waals surface area contributed by atoms with Crippen LogP contribution in [0.1, 0.15) is 25.5 Å². The summed E-state index contributed by atoms with van der Waals surface area (Å²) < 4.78 is 0. The van der Waals surface area contributed by atoms with E-state index >= 15 is 0 Å². The van der Waals surface area contributed by atoms with Gasteiger partial charge < -0.3 is 4.90 Å². The fourth-order valence-electron chi connectivity index (χ4n) is 1.89. The highest BCUT2D eigenvalue weighted by Crippen LogP contribution is 2.20. The molecule has 0 spiro atoms. The van der Waals surface area contributed by atoms with Crippen LogP contribution in [0, 0.1) is 0 Å². The second kappa shape index (κ2) is 4.79. The van der Waals surface area contributed by atoms with Gasteiger partial charge in [-0.1, -0.05) is 6.92 Å². The normalized spacial score (nSPS) is 21.7. The van der Waals surface area contributed by atoms with Gasteiger partial charge in [-0.3, -0.25) is 0 Å². The zero-order chi connectivity index (χ0) is 10.7. The van der Waals surface area contributed by atoms with Crippen LogP contribution in [-0.4, -0.2) is 28.4 Å². The van der Waals surface area contributed by atoms with E-state index in [1.54, 1.807) is 6.33 Å². The van der Waals surface area contributed by atoms with Gasteiger partial charge in [0, 0.05) is 24.8 Å². The molecule has 1 aliphatic rings. The van der Waals surface area contributed by atoms with E-state index in [0.717, 1.165) is 43.9 Å². The second-order valence-electron chi connectivity index (χ2n) is 3.91. The molecule has 1 fully saturated rings. The Balaban J connectivity index is 2.13. The maximum atomic E-state index is 6.15. The number of aromatic nitrogens is 2. The van der Waals surface area contributed by atoms with Crippen molar-refractivity contribution in [1.82, 2.24) is 9.97 Å². The molecule has 82 valence electrons. The summed E-state index contributed by atoms with van der Waals surface area (Å²) in [4.78, 5) is 10.8. The first-order chi connectivity index (χ1) is 7.29. The summed E-state index contributed by atoms with van der Waals surface area (Å²) in [5.41, 5.74) is 1.09. The maximum Gasteiger partial charge on any atom is 0.132 e. The van der Waals surface area contributed by atoms with Gasteiger partial charge in [-0.05, 0) is 19.3 Å². The molecule has 2 rings (SSSR count). The third kappa shape index (κ3) is 2.59. The van der Waals surface area contributed by atoms with Gasteiger partial charge >= 0.3 is 0 Å². The smallest absolute Gasteiger partial charge is 0.132 e. The van der Waals surface area contributed by atoms with Crippen LogP contribution >= 0.6 is 11.6 Å². The summed E-state index contributed by atoms with van der Waals surface area (Å²) in [6, 6.07) is 2.06. The van der Waals surface area contributed by atoms with Crippen molar-refractivity contribution in [3.63, 3.8) is 0 Å². The molecule has 1 saturated heterocycles. The lowest BCUT2D eigenvalue weighted by Crippen LogP contribution is -2.36. The Kier molecular flexibility index (Phi) is 3.41. The van der Waals surface area contributed by atoms with E-state index in [4.69, 9.17) is 11.6 Å². The number of alkyl halides is 1. The Morgan fingerprint density at radius 1 is 1.53 bits per heavy atom. The van der Waals surface area contributed by atoms with Gasteiger partial charge in [-0.25, -0.2) is 9.97 Å². The Morgan fingerprint density at radius 3 is 3.13 bits per heavy atom. The zero-order valence-electron chi connectivity index (χ0n) is 8.99. The van der Waals surface area contributed by atoms with Crippen molar-refractivity contribution in [3.8, 4) is 0 Å². The maximum absolute atomic E-state index is 6.15. The van der Waals surface area contributed by atoms with E-state index in [0.29, 0.717) is 0 Å². The summed E-state index contributed by atoms with van der Waals surface area (Å²) in [6.07, 6.45) is 4.86.